The fraction of sp³-hybridized carbons (Fsp3) is 0.308. The Balaban J connectivity index is 1.30. The van der Waals surface area contributed by atoms with E-state index < -0.39 is 0 Å². The van der Waals surface area contributed by atoms with Crippen LogP contribution in [0, 0.1) is 0 Å². The standard InChI is InChI=1S/C26H28N6O2/c33-25(21-9-7-20(8-10-21)18-31-14-11-27-19-31)28-17-24-22-5-1-2-6-23(22)26(34)32(29-24)16-15-30-12-3-4-13-30/h1-2,5-11,14,19H,3-4,12-13,15-18H2,(H,28,33). The van der Waals surface area contributed by atoms with E-state index in [0.717, 1.165) is 30.6 Å². The first kappa shape index (κ1) is 22.0. The first-order valence-corrected chi connectivity index (χ1v) is 11.7. The van der Waals surface area contributed by atoms with Gasteiger partial charge in [-0.25, -0.2) is 9.67 Å². The summed E-state index contributed by atoms with van der Waals surface area (Å²) in [6.45, 7) is 4.46. The van der Waals surface area contributed by atoms with Gasteiger partial charge < -0.3 is 14.8 Å². The molecule has 0 saturated carbocycles. The fourth-order valence-electron chi connectivity index (χ4n) is 4.45. The number of imidazole rings is 1. The van der Waals surface area contributed by atoms with Gasteiger partial charge in [-0.05, 0) is 49.7 Å². The Labute approximate surface area is 197 Å². The summed E-state index contributed by atoms with van der Waals surface area (Å²) in [4.78, 5) is 32.2. The van der Waals surface area contributed by atoms with Crippen LogP contribution in [0.25, 0.3) is 10.8 Å². The van der Waals surface area contributed by atoms with Gasteiger partial charge in [-0.15, -0.1) is 0 Å². The lowest BCUT2D eigenvalue weighted by molar-refractivity contribution is 0.0950. The Bertz CT molecular complexity index is 1320. The third kappa shape index (κ3) is 4.92. The highest BCUT2D eigenvalue weighted by atomic mass is 16.1. The van der Waals surface area contributed by atoms with Crippen LogP contribution in [0.5, 0.6) is 0 Å². The molecule has 8 heteroatoms. The Morgan fingerprint density at radius 3 is 2.47 bits per heavy atom. The Hall–Kier alpha value is -3.78. The lowest BCUT2D eigenvalue weighted by Gasteiger charge is -2.16. The largest absolute Gasteiger partial charge is 0.346 e. The van der Waals surface area contributed by atoms with Crippen LogP contribution in [-0.2, 0) is 19.6 Å². The monoisotopic (exact) mass is 456 g/mol. The van der Waals surface area contributed by atoms with Crippen LogP contribution in [-0.4, -0.2) is 49.8 Å². The summed E-state index contributed by atoms with van der Waals surface area (Å²) in [6, 6.07) is 15.0. The van der Waals surface area contributed by atoms with E-state index in [0.29, 0.717) is 29.7 Å². The molecule has 3 heterocycles. The van der Waals surface area contributed by atoms with E-state index in [-0.39, 0.29) is 18.0 Å². The third-order valence-corrected chi connectivity index (χ3v) is 6.33. The molecule has 1 fully saturated rings. The second kappa shape index (κ2) is 10.0. The maximum absolute atomic E-state index is 13.0. The molecule has 8 nitrogen and oxygen atoms in total. The summed E-state index contributed by atoms with van der Waals surface area (Å²) in [7, 11) is 0. The molecule has 1 saturated heterocycles. The van der Waals surface area contributed by atoms with E-state index in [1.54, 1.807) is 17.2 Å². The molecular weight excluding hydrogens is 428 g/mol. The van der Waals surface area contributed by atoms with Gasteiger partial charge in [0.25, 0.3) is 11.5 Å². The number of carbonyl (C=O) groups excluding carboxylic acids is 1. The van der Waals surface area contributed by atoms with E-state index in [4.69, 9.17) is 0 Å². The van der Waals surface area contributed by atoms with Crippen LogP contribution >= 0.6 is 0 Å². The molecule has 2 aromatic carbocycles. The molecule has 0 bridgehead atoms. The molecule has 0 atom stereocenters. The van der Waals surface area contributed by atoms with Crippen molar-refractivity contribution in [2.45, 2.75) is 32.5 Å². The Kier molecular flexibility index (Phi) is 6.49. The van der Waals surface area contributed by atoms with Gasteiger partial charge in [0, 0.05) is 36.4 Å². The molecule has 0 radical (unpaired) electrons. The van der Waals surface area contributed by atoms with E-state index in [1.165, 1.54) is 12.8 Å². The van der Waals surface area contributed by atoms with Gasteiger partial charge in [0.05, 0.1) is 30.5 Å². The molecule has 1 amide bonds. The summed E-state index contributed by atoms with van der Waals surface area (Å²) in [6.07, 6.45) is 7.84. The van der Waals surface area contributed by atoms with E-state index in [1.807, 2.05) is 59.3 Å². The van der Waals surface area contributed by atoms with Crippen LogP contribution in [0.3, 0.4) is 0 Å². The van der Waals surface area contributed by atoms with Crippen molar-refractivity contribution in [2.75, 3.05) is 19.6 Å². The molecule has 1 N–H and O–H groups in total. The number of rotatable bonds is 8. The van der Waals surface area contributed by atoms with Crippen LogP contribution in [0.2, 0.25) is 0 Å². The van der Waals surface area contributed by atoms with Gasteiger partial charge in [-0.1, -0.05) is 30.3 Å². The second-order valence-electron chi connectivity index (χ2n) is 8.68. The lowest BCUT2D eigenvalue weighted by Crippen LogP contribution is -2.32. The minimum atomic E-state index is -0.171. The van der Waals surface area contributed by atoms with Gasteiger partial charge in [-0.3, -0.25) is 9.59 Å². The normalized spacial score (nSPS) is 14.0. The minimum Gasteiger partial charge on any atom is -0.346 e. The molecular formula is C26H28N6O2. The summed E-state index contributed by atoms with van der Waals surface area (Å²) in [5.41, 5.74) is 2.29. The number of benzene rings is 2. The molecule has 34 heavy (non-hydrogen) atoms. The number of nitrogens with one attached hydrogen (secondary N) is 1. The van der Waals surface area contributed by atoms with Crippen molar-refractivity contribution in [1.82, 2.24) is 29.5 Å². The van der Waals surface area contributed by atoms with Crippen LogP contribution in [0.15, 0.2) is 72.0 Å². The van der Waals surface area contributed by atoms with Crippen molar-refractivity contribution >= 4 is 16.7 Å². The van der Waals surface area contributed by atoms with Crippen LogP contribution < -0.4 is 10.9 Å². The smallest absolute Gasteiger partial charge is 0.274 e. The Morgan fingerprint density at radius 1 is 0.971 bits per heavy atom. The zero-order valence-corrected chi connectivity index (χ0v) is 19.1. The number of carbonyl (C=O) groups is 1. The average Bonchev–Trinajstić information content (AvgIpc) is 3.58. The first-order valence-electron chi connectivity index (χ1n) is 11.7. The average molecular weight is 457 g/mol. The molecule has 174 valence electrons. The first-order chi connectivity index (χ1) is 16.7. The van der Waals surface area contributed by atoms with Crippen LogP contribution in [0.1, 0.15) is 34.5 Å². The number of hydrogen-bond acceptors (Lipinski definition) is 5. The highest BCUT2D eigenvalue weighted by Gasteiger charge is 2.15. The number of amides is 1. The molecule has 0 spiro atoms. The zero-order chi connectivity index (χ0) is 23.3. The Morgan fingerprint density at radius 2 is 1.74 bits per heavy atom. The van der Waals surface area contributed by atoms with Gasteiger partial charge in [0.2, 0.25) is 0 Å². The molecule has 1 aliphatic heterocycles. The molecule has 0 aliphatic carbocycles. The predicted octanol–water partition coefficient (Wildman–Crippen LogP) is 2.67. The maximum Gasteiger partial charge on any atom is 0.274 e. The van der Waals surface area contributed by atoms with Gasteiger partial charge >= 0.3 is 0 Å². The third-order valence-electron chi connectivity index (χ3n) is 6.33. The highest BCUT2D eigenvalue weighted by molar-refractivity contribution is 5.94. The second-order valence-corrected chi connectivity index (χ2v) is 8.68. The fourth-order valence-corrected chi connectivity index (χ4v) is 4.45. The molecule has 4 aromatic rings. The quantitative estimate of drug-likeness (QED) is 0.441. The minimum absolute atomic E-state index is 0.0849. The summed E-state index contributed by atoms with van der Waals surface area (Å²) in [5.74, 6) is -0.171. The van der Waals surface area contributed by atoms with E-state index in [2.05, 4.69) is 20.3 Å². The van der Waals surface area contributed by atoms with Gasteiger partial charge in [0.1, 0.15) is 0 Å². The van der Waals surface area contributed by atoms with Crippen LogP contribution in [0.4, 0.5) is 0 Å². The zero-order valence-electron chi connectivity index (χ0n) is 19.1. The van der Waals surface area contributed by atoms with E-state index in [9.17, 15) is 9.59 Å². The topological polar surface area (TPSA) is 85.0 Å². The highest BCUT2D eigenvalue weighted by Crippen LogP contribution is 2.14. The molecule has 5 rings (SSSR count). The molecule has 0 unspecified atom stereocenters. The summed E-state index contributed by atoms with van der Waals surface area (Å²) in [5, 5.41) is 9.02. The van der Waals surface area contributed by atoms with Crippen molar-refractivity contribution in [3.05, 3.63) is 94.4 Å². The number of hydrogen-bond donors (Lipinski definition) is 1. The number of aromatic nitrogens is 4. The van der Waals surface area contributed by atoms with Crippen molar-refractivity contribution < 1.29 is 4.79 Å². The summed E-state index contributed by atoms with van der Waals surface area (Å²) < 4.78 is 3.53. The van der Waals surface area contributed by atoms with Gasteiger partial charge in [0.15, 0.2) is 0 Å². The van der Waals surface area contributed by atoms with Crippen molar-refractivity contribution in [3.8, 4) is 0 Å². The van der Waals surface area contributed by atoms with Crippen molar-refractivity contribution in [1.29, 1.82) is 0 Å². The summed E-state index contributed by atoms with van der Waals surface area (Å²) >= 11 is 0. The van der Waals surface area contributed by atoms with Gasteiger partial charge in [-0.2, -0.15) is 5.10 Å². The number of nitrogens with zero attached hydrogens (tertiary/aromatic N) is 5. The maximum atomic E-state index is 13.0. The SMILES string of the molecule is O=C(NCc1nn(CCN2CCCC2)c(=O)c2ccccc12)c1ccc(Cn2ccnc2)cc1. The lowest BCUT2D eigenvalue weighted by atomic mass is 10.1. The van der Waals surface area contributed by atoms with Crippen molar-refractivity contribution in [3.63, 3.8) is 0 Å². The molecule has 2 aromatic heterocycles. The molecule has 1 aliphatic rings. The van der Waals surface area contributed by atoms with Crippen molar-refractivity contribution in [2.24, 2.45) is 0 Å². The number of likely N-dealkylation sites (tertiary alicyclic amines) is 1. The van der Waals surface area contributed by atoms with E-state index >= 15 is 0 Å². The number of fused-ring (bicyclic) bond motifs is 1. The predicted molar refractivity (Wildman–Crippen MR) is 131 cm³/mol.